The number of halogens is 6. The van der Waals surface area contributed by atoms with Crippen LogP contribution in [-0.2, 0) is 18.1 Å². The van der Waals surface area contributed by atoms with Gasteiger partial charge in [-0.15, -0.1) is 0 Å². The number of carbonyl (C=O) groups is 1. The summed E-state index contributed by atoms with van der Waals surface area (Å²) in [7, 11) is 1.39. The van der Waals surface area contributed by atoms with Crippen molar-refractivity contribution in [1.29, 1.82) is 0 Å². The molecule has 152 valence electrons. The fourth-order valence-electron chi connectivity index (χ4n) is 2.23. The van der Waals surface area contributed by atoms with Crippen LogP contribution in [0.25, 0.3) is 0 Å². The molecule has 2 aromatic rings. The molecule has 0 radical (unpaired) electrons. The second-order valence-electron chi connectivity index (χ2n) is 5.48. The molecule has 0 bridgehead atoms. The third-order valence-electron chi connectivity index (χ3n) is 3.51. The summed E-state index contributed by atoms with van der Waals surface area (Å²) in [5.74, 6) is -0.936. The molecule has 28 heavy (non-hydrogen) atoms. The summed E-state index contributed by atoms with van der Waals surface area (Å²) >= 11 is 1.16. The number of alkyl halides is 6. The lowest BCUT2D eigenvalue weighted by Gasteiger charge is -2.15. The van der Waals surface area contributed by atoms with Gasteiger partial charge in [0.25, 0.3) is 5.91 Å². The number of pyridine rings is 2. The van der Waals surface area contributed by atoms with Gasteiger partial charge in [0.1, 0.15) is 11.5 Å². The van der Waals surface area contributed by atoms with Crippen molar-refractivity contribution in [1.82, 2.24) is 9.97 Å². The van der Waals surface area contributed by atoms with Gasteiger partial charge in [0.05, 0.1) is 16.8 Å². The Labute approximate surface area is 159 Å². The normalized spacial score (nSPS) is 12.0. The van der Waals surface area contributed by atoms with E-state index in [1.165, 1.54) is 7.05 Å². The fraction of sp³-hybridized carbons (Fsp3) is 0.312. The Hall–Kier alpha value is -2.50. The molecule has 0 aliphatic carbocycles. The quantitative estimate of drug-likeness (QED) is 0.683. The van der Waals surface area contributed by atoms with Crippen LogP contribution in [0, 0.1) is 0 Å². The van der Waals surface area contributed by atoms with E-state index in [2.05, 4.69) is 20.6 Å². The number of carbonyl (C=O) groups excluding carboxylic acids is 1. The Morgan fingerprint density at radius 1 is 1.04 bits per heavy atom. The van der Waals surface area contributed by atoms with Gasteiger partial charge >= 0.3 is 12.4 Å². The first-order chi connectivity index (χ1) is 13.0. The van der Waals surface area contributed by atoms with Gasteiger partial charge < -0.3 is 10.6 Å². The molecule has 0 unspecified atom stereocenters. The first-order valence-electron chi connectivity index (χ1n) is 7.58. The zero-order chi connectivity index (χ0) is 21.1. The highest BCUT2D eigenvalue weighted by atomic mass is 32.2. The SMILES string of the molecule is CNc1ncc(C(F)(F)F)cc1NC(=O)c1ncc(C(F)(F)F)cc1CSC. The zero-order valence-electron chi connectivity index (χ0n) is 14.5. The molecular weight excluding hydrogens is 410 g/mol. The molecule has 2 N–H and O–H groups in total. The van der Waals surface area contributed by atoms with Gasteiger partial charge in [-0.05, 0) is 24.0 Å². The fourth-order valence-corrected chi connectivity index (χ4v) is 2.76. The van der Waals surface area contributed by atoms with Crippen LogP contribution in [0.4, 0.5) is 37.8 Å². The lowest BCUT2D eigenvalue weighted by atomic mass is 10.1. The van der Waals surface area contributed by atoms with Gasteiger partial charge in [0.15, 0.2) is 0 Å². The number of rotatable bonds is 5. The maximum Gasteiger partial charge on any atom is 0.417 e. The number of nitrogens with zero attached hydrogens (tertiary/aromatic N) is 2. The molecule has 0 spiro atoms. The summed E-state index contributed by atoms with van der Waals surface area (Å²) < 4.78 is 77.3. The maximum absolute atomic E-state index is 12.9. The van der Waals surface area contributed by atoms with E-state index in [0.29, 0.717) is 18.5 Å². The van der Waals surface area contributed by atoms with E-state index in [0.717, 1.165) is 17.8 Å². The Balaban J connectivity index is 2.42. The second kappa shape index (κ2) is 8.25. The Morgan fingerprint density at radius 2 is 1.61 bits per heavy atom. The van der Waals surface area contributed by atoms with Gasteiger partial charge in [0.2, 0.25) is 0 Å². The van der Waals surface area contributed by atoms with E-state index in [9.17, 15) is 31.1 Å². The Kier molecular flexibility index (Phi) is 6.42. The minimum Gasteiger partial charge on any atom is -0.371 e. The van der Waals surface area contributed by atoms with Crippen molar-refractivity contribution in [2.24, 2.45) is 0 Å². The average Bonchev–Trinajstić information content (AvgIpc) is 2.60. The number of nitrogens with one attached hydrogen (secondary N) is 2. The number of hydrogen-bond acceptors (Lipinski definition) is 5. The number of amides is 1. The van der Waals surface area contributed by atoms with Gasteiger partial charge in [-0.3, -0.25) is 9.78 Å². The minimum absolute atomic E-state index is 0.00534. The molecular formula is C16H14F6N4OS. The van der Waals surface area contributed by atoms with E-state index in [1.807, 2.05) is 0 Å². The highest BCUT2D eigenvalue weighted by Gasteiger charge is 2.33. The lowest BCUT2D eigenvalue weighted by molar-refractivity contribution is -0.138. The van der Waals surface area contributed by atoms with Gasteiger partial charge in [-0.25, -0.2) is 4.98 Å². The van der Waals surface area contributed by atoms with Crippen molar-refractivity contribution < 1.29 is 31.1 Å². The Bertz CT molecular complexity index is 869. The third kappa shape index (κ3) is 5.06. The summed E-state index contributed by atoms with van der Waals surface area (Å²) in [6, 6.07) is 1.47. The predicted octanol–water partition coefficient (Wildman–Crippen LogP) is 4.67. The van der Waals surface area contributed by atoms with E-state index in [-0.39, 0.29) is 28.5 Å². The monoisotopic (exact) mass is 424 g/mol. The lowest BCUT2D eigenvalue weighted by Crippen LogP contribution is -2.19. The highest BCUT2D eigenvalue weighted by Crippen LogP contribution is 2.33. The van der Waals surface area contributed by atoms with Crippen LogP contribution >= 0.6 is 11.8 Å². The smallest absolute Gasteiger partial charge is 0.371 e. The standard InChI is InChI=1S/C16H14F6N4OS/c1-23-13-11(4-10(6-25-13)16(20,21)22)26-14(27)12-8(7-28-2)3-9(5-24-12)15(17,18)19/h3-6H,7H2,1-2H3,(H,23,25)(H,26,27). The van der Waals surface area contributed by atoms with E-state index >= 15 is 0 Å². The summed E-state index contributed by atoms with van der Waals surface area (Å²) in [6.45, 7) is 0. The van der Waals surface area contributed by atoms with Crippen molar-refractivity contribution in [3.05, 3.63) is 46.9 Å². The maximum atomic E-state index is 12.9. The van der Waals surface area contributed by atoms with E-state index < -0.39 is 29.4 Å². The summed E-state index contributed by atoms with van der Waals surface area (Å²) in [5.41, 5.74) is -2.71. The predicted molar refractivity (Wildman–Crippen MR) is 93.2 cm³/mol. The molecule has 2 heterocycles. The molecule has 5 nitrogen and oxygen atoms in total. The number of aromatic nitrogens is 2. The zero-order valence-corrected chi connectivity index (χ0v) is 15.3. The third-order valence-corrected chi connectivity index (χ3v) is 4.11. The Morgan fingerprint density at radius 3 is 2.14 bits per heavy atom. The average molecular weight is 424 g/mol. The van der Waals surface area contributed by atoms with Crippen LogP contribution < -0.4 is 10.6 Å². The minimum atomic E-state index is -4.69. The number of hydrogen-bond donors (Lipinski definition) is 2. The van der Waals surface area contributed by atoms with Gasteiger partial charge in [-0.1, -0.05) is 0 Å². The topological polar surface area (TPSA) is 66.9 Å². The molecule has 0 aromatic carbocycles. The van der Waals surface area contributed by atoms with Gasteiger partial charge in [-0.2, -0.15) is 38.1 Å². The summed E-state index contributed by atoms with van der Waals surface area (Å²) in [6.07, 6.45) is -6.61. The molecule has 1 amide bonds. The van der Waals surface area contributed by atoms with Crippen molar-refractivity contribution >= 4 is 29.2 Å². The highest BCUT2D eigenvalue weighted by molar-refractivity contribution is 7.97. The van der Waals surface area contributed by atoms with Crippen molar-refractivity contribution in [3.8, 4) is 0 Å². The van der Waals surface area contributed by atoms with E-state index in [1.54, 1.807) is 6.26 Å². The summed E-state index contributed by atoms with van der Waals surface area (Å²) in [4.78, 5) is 19.7. The molecule has 12 heteroatoms. The van der Waals surface area contributed by atoms with Crippen LogP contribution in [0.3, 0.4) is 0 Å². The second-order valence-corrected chi connectivity index (χ2v) is 6.35. The molecule has 0 saturated heterocycles. The van der Waals surface area contributed by atoms with Crippen LogP contribution in [0.1, 0.15) is 27.2 Å². The van der Waals surface area contributed by atoms with Crippen LogP contribution in [0.15, 0.2) is 24.5 Å². The van der Waals surface area contributed by atoms with Crippen molar-refractivity contribution in [2.45, 2.75) is 18.1 Å². The molecule has 0 fully saturated rings. The van der Waals surface area contributed by atoms with Gasteiger partial charge in [0, 0.05) is 25.2 Å². The molecule has 2 aromatic heterocycles. The molecule has 0 aliphatic heterocycles. The molecule has 0 aliphatic rings. The van der Waals surface area contributed by atoms with Crippen molar-refractivity contribution in [2.75, 3.05) is 23.9 Å². The van der Waals surface area contributed by atoms with E-state index in [4.69, 9.17) is 0 Å². The molecule has 0 atom stereocenters. The van der Waals surface area contributed by atoms with Crippen LogP contribution in [0.5, 0.6) is 0 Å². The molecule has 2 rings (SSSR count). The number of anilines is 2. The van der Waals surface area contributed by atoms with Crippen LogP contribution in [-0.4, -0.2) is 29.2 Å². The first-order valence-corrected chi connectivity index (χ1v) is 8.98. The van der Waals surface area contributed by atoms with Crippen molar-refractivity contribution in [3.63, 3.8) is 0 Å². The summed E-state index contributed by atoms with van der Waals surface area (Å²) in [5, 5.41) is 4.76. The largest absolute Gasteiger partial charge is 0.417 e. The first kappa shape index (κ1) is 21.8. The van der Waals surface area contributed by atoms with Crippen LogP contribution in [0.2, 0.25) is 0 Å². The molecule has 0 saturated carbocycles. The number of thioether (sulfide) groups is 1.